The smallest absolute Gasteiger partial charge is 0.326 e. The lowest BCUT2D eigenvalue weighted by Gasteiger charge is -2.30. The number of hydrogen-bond donors (Lipinski definition) is 1. The number of likely N-dealkylation sites (N-methyl/N-ethyl adjacent to an activating group) is 1. The number of nitrogens with zero attached hydrogens (tertiary/aromatic N) is 1. The van der Waals surface area contributed by atoms with E-state index >= 15 is 0 Å². The van der Waals surface area contributed by atoms with Crippen molar-refractivity contribution in [1.29, 1.82) is 0 Å². The highest BCUT2D eigenvalue weighted by Gasteiger charge is 2.33. The summed E-state index contributed by atoms with van der Waals surface area (Å²) in [5, 5.41) is 3.36. The van der Waals surface area contributed by atoms with Gasteiger partial charge in [0.1, 0.15) is 5.54 Å². The van der Waals surface area contributed by atoms with Gasteiger partial charge >= 0.3 is 5.97 Å². The van der Waals surface area contributed by atoms with Crippen molar-refractivity contribution < 1.29 is 14.3 Å². The van der Waals surface area contributed by atoms with Gasteiger partial charge < -0.3 is 19.7 Å². The molecule has 21 heavy (non-hydrogen) atoms. The Bertz CT molecular complexity index is 306. The molecule has 1 fully saturated rings. The van der Waals surface area contributed by atoms with Crippen molar-refractivity contribution in [2.24, 2.45) is 0 Å². The van der Waals surface area contributed by atoms with Crippen LogP contribution in [0.25, 0.3) is 0 Å². The third-order valence-electron chi connectivity index (χ3n) is 4.21. The summed E-state index contributed by atoms with van der Waals surface area (Å²) in [6, 6.07) is 0.530. The highest BCUT2D eigenvalue weighted by molar-refractivity contribution is 5.80. The maximum Gasteiger partial charge on any atom is 0.326 e. The zero-order valence-electron chi connectivity index (χ0n) is 14.1. The van der Waals surface area contributed by atoms with E-state index in [1.54, 1.807) is 0 Å². The molecule has 1 heterocycles. The molecule has 1 rings (SSSR count). The van der Waals surface area contributed by atoms with Crippen molar-refractivity contribution in [3.05, 3.63) is 0 Å². The van der Waals surface area contributed by atoms with Crippen molar-refractivity contribution in [3.8, 4) is 0 Å². The average Bonchev–Trinajstić information content (AvgIpc) is 2.99. The molecule has 124 valence electrons. The minimum atomic E-state index is -0.570. The maximum absolute atomic E-state index is 12.2. The Kier molecular flexibility index (Phi) is 8.22. The maximum atomic E-state index is 12.2. The van der Waals surface area contributed by atoms with Crippen molar-refractivity contribution in [2.45, 2.75) is 58.0 Å². The monoisotopic (exact) mass is 300 g/mol. The van der Waals surface area contributed by atoms with Crippen molar-refractivity contribution >= 4 is 5.97 Å². The molecule has 0 aromatic rings. The van der Waals surface area contributed by atoms with Crippen LogP contribution in [0, 0.1) is 0 Å². The zero-order valence-corrected chi connectivity index (χ0v) is 14.1. The topological polar surface area (TPSA) is 50.8 Å². The summed E-state index contributed by atoms with van der Waals surface area (Å²) in [6.07, 6.45) is 3.89. The molecule has 0 aliphatic carbocycles. The Hall–Kier alpha value is -0.650. The Morgan fingerprint density at radius 3 is 2.81 bits per heavy atom. The van der Waals surface area contributed by atoms with E-state index in [2.05, 4.69) is 24.2 Å². The van der Waals surface area contributed by atoms with Crippen LogP contribution in [0.2, 0.25) is 0 Å². The molecule has 1 N–H and O–H groups in total. The fourth-order valence-electron chi connectivity index (χ4n) is 2.69. The second kappa shape index (κ2) is 9.38. The van der Waals surface area contributed by atoms with Gasteiger partial charge in [-0.1, -0.05) is 6.92 Å². The summed E-state index contributed by atoms with van der Waals surface area (Å²) in [7, 11) is 2.14. The zero-order chi connectivity index (χ0) is 15.7. The van der Waals surface area contributed by atoms with E-state index in [0.717, 1.165) is 52.0 Å². The van der Waals surface area contributed by atoms with Gasteiger partial charge in [0.2, 0.25) is 0 Å². The molecule has 0 amide bonds. The number of hydrogen-bond acceptors (Lipinski definition) is 5. The minimum absolute atomic E-state index is 0.134. The highest BCUT2D eigenvalue weighted by atomic mass is 16.5. The number of carbonyl (C=O) groups excluding carboxylic acids is 1. The molecule has 2 unspecified atom stereocenters. The quantitative estimate of drug-likeness (QED) is 0.624. The summed E-state index contributed by atoms with van der Waals surface area (Å²) in [6.45, 7) is 9.87. The molecule has 0 aromatic heterocycles. The number of ether oxygens (including phenoxy) is 2. The SMILES string of the molecule is CCCNC(C)(CCCN(C)C1CCOC1)C(=O)OCC. The minimum Gasteiger partial charge on any atom is -0.465 e. The molecular weight excluding hydrogens is 268 g/mol. The lowest BCUT2D eigenvalue weighted by molar-refractivity contribution is -0.150. The predicted octanol–water partition coefficient (Wildman–Crippen LogP) is 1.81. The molecule has 5 heteroatoms. The van der Waals surface area contributed by atoms with Crippen molar-refractivity contribution in [2.75, 3.05) is 40.0 Å². The first-order valence-corrected chi connectivity index (χ1v) is 8.23. The second-order valence-corrected chi connectivity index (χ2v) is 6.08. The Balaban J connectivity index is 2.42. The van der Waals surface area contributed by atoms with E-state index in [-0.39, 0.29) is 5.97 Å². The van der Waals surface area contributed by atoms with E-state index in [1.165, 1.54) is 0 Å². The number of nitrogens with one attached hydrogen (secondary N) is 1. The van der Waals surface area contributed by atoms with Gasteiger partial charge in [-0.2, -0.15) is 0 Å². The number of rotatable bonds is 10. The van der Waals surface area contributed by atoms with Crippen LogP contribution in [-0.2, 0) is 14.3 Å². The first-order chi connectivity index (χ1) is 10.0. The van der Waals surface area contributed by atoms with Gasteiger partial charge in [0, 0.05) is 12.6 Å². The highest BCUT2D eigenvalue weighted by Crippen LogP contribution is 2.17. The normalized spacial score (nSPS) is 21.5. The first kappa shape index (κ1) is 18.4. The van der Waals surface area contributed by atoms with E-state index in [0.29, 0.717) is 12.6 Å². The summed E-state index contributed by atoms with van der Waals surface area (Å²) in [5.74, 6) is -0.134. The Labute approximate surface area is 129 Å². The Morgan fingerprint density at radius 1 is 1.48 bits per heavy atom. The van der Waals surface area contributed by atoms with Crippen LogP contribution in [0.15, 0.2) is 0 Å². The molecule has 5 nitrogen and oxygen atoms in total. The second-order valence-electron chi connectivity index (χ2n) is 6.08. The molecule has 1 saturated heterocycles. The van der Waals surface area contributed by atoms with E-state index in [1.807, 2.05) is 13.8 Å². The molecule has 0 radical (unpaired) electrons. The fourth-order valence-corrected chi connectivity index (χ4v) is 2.69. The molecule has 0 bridgehead atoms. The molecular formula is C16H32N2O3. The summed E-state index contributed by atoms with van der Waals surface area (Å²) in [5.41, 5.74) is -0.570. The molecule has 0 saturated carbocycles. The van der Waals surface area contributed by atoms with E-state index in [4.69, 9.17) is 9.47 Å². The van der Waals surface area contributed by atoms with Crippen LogP contribution < -0.4 is 5.32 Å². The van der Waals surface area contributed by atoms with Crippen LogP contribution in [0.1, 0.15) is 46.5 Å². The lowest BCUT2D eigenvalue weighted by atomic mass is 9.95. The van der Waals surface area contributed by atoms with Crippen molar-refractivity contribution in [3.63, 3.8) is 0 Å². The number of carbonyl (C=O) groups is 1. The number of esters is 1. The van der Waals surface area contributed by atoms with Crippen LogP contribution in [0.5, 0.6) is 0 Å². The molecule has 2 atom stereocenters. The third-order valence-corrected chi connectivity index (χ3v) is 4.21. The van der Waals surface area contributed by atoms with Gasteiger partial charge in [-0.25, -0.2) is 0 Å². The summed E-state index contributed by atoms with van der Waals surface area (Å²) < 4.78 is 10.6. The van der Waals surface area contributed by atoms with Gasteiger partial charge in [0.25, 0.3) is 0 Å². The summed E-state index contributed by atoms with van der Waals surface area (Å²) in [4.78, 5) is 14.5. The molecule has 0 aromatic carbocycles. The predicted molar refractivity (Wildman–Crippen MR) is 84.4 cm³/mol. The molecule has 1 aliphatic heterocycles. The van der Waals surface area contributed by atoms with Crippen LogP contribution in [0.3, 0.4) is 0 Å². The standard InChI is InChI=1S/C16H32N2O3/c1-5-10-17-16(3,15(19)21-6-2)9-7-11-18(4)14-8-12-20-13-14/h14,17H,5-13H2,1-4H3. The lowest BCUT2D eigenvalue weighted by Crippen LogP contribution is -2.51. The largest absolute Gasteiger partial charge is 0.465 e. The van der Waals surface area contributed by atoms with E-state index < -0.39 is 5.54 Å². The average molecular weight is 300 g/mol. The van der Waals surface area contributed by atoms with Gasteiger partial charge in [0.15, 0.2) is 0 Å². The third kappa shape index (κ3) is 5.93. The fraction of sp³-hybridized carbons (Fsp3) is 0.938. The van der Waals surface area contributed by atoms with Crippen molar-refractivity contribution in [1.82, 2.24) is 10.2 Å². The molecule has 0 spiro atoms. The van der Waals surface area contributed by atoms with Gasteiger partial charge in [-0.05, 0) is 59.7 Å². The van der Waals surface area contributed by atoms with Crippen LogP contribution >= 0.6 is 0 Å². The van der Waals surface area contributed by atoms with Gasteiger partial charge in [-0.3, -0.25) is 4.79 Å². The van der Waals surface area contributed by atoms with Gasteiger partial charge in [-0.15, -0.1) is 0 Å². The van der Waals surface area contributed by atoms with Crippen LogP contribution in [-0.4, -0.2) is 62.4 Å². The molecule has 1 aliphatic rings. The van der Waals surface area contributed by atoms with Crippen LogP contribution in [0.4, 0.5) is 0 Å². The summed E-state index contributed by atoms with van der Waals surface area (Å²) >= 11 is 0. The van der Waals surface area contributed by atoms with Gasteiger partial charge in [0.05, 0.1) is 13.2 Å². The van der Waals surface area contributed by atoms with E-state index in [9.17, 15) is 4.79 Å². The Morgan fingerprint density at radius 2 is 2.24 bits per heavy atom. The first-order valence-electron chi connectivity index (χ1n) is 8.23.